The fourth-order valence-corrected chi connectivity index (χ4v) is 3.58. The van der Waals surface area contributed by atoms with Gasteiger partial charge in [-0.1, -0.05) is 37.3 Å². The Morgan fingerprint density at radius 2 is 2.05 bits per heavy atom. The molecule has 0 heterocycles. The fraction of sp³-hybridized carbons (Fsp3) is 0.474. The molecule has 1 nitrogen and oxygen atoms in total. The number of rotatable bonds is 3. The van der Waals surface area contributed by atoms with Gasteiger partial charge in [-0.3, -0.25) is 0 Å². The van der Waals surface area contributed by atoms with Crippen molar-refractivity contribution in [3.05, 3.63) is 47.0 Å². The Kier molecular flexibility index (Phi) is 3.80. The molecule has 0 amide bonds. The van der Waals surface area contributed by atoms with Crippen LogP contribution in [-0.2, 0) is 17.6 Å². The number of aryl methyl sites for hydroxylation is 2. The summed E-state index contributed by atoms with van der Waals surface area (Å²) in [5.41, 5.74) is 4.51. The first-order valence-electron chi connectivity index (χ1n) is 7.89. The van der Waals surface area contributed by atoms with Gasteiger partial charge in [0.2, 0.25) is 0 Å². The van der Waals surface area contributed by atoms with Crippen LogP contribution in [0.3, 0.4) is 0 Å². The number of hydrogen-bond donors (Lipinski definition) is 0. The first-order chi connectivity index (χ1) is 9.70. The summed E-state index contributed by atoms with van der Waals surface area (Å²) in [6, 6.07) is 11.2. The monoisotopic (exact) mass is 268 g/mol. The average Bonchev–Trinajstić information content (AvgIpc) is 2.44. The second kappa shape index (κ2) is 5.57. The van der Waals surface area contributed by atoms with Crippen LogP contribution >= 0.6 is 0 Å². The van der Waals surface area contributed by atoms with E-state index in [2.05, 4.69) is 51.1 Å². The molecule has 20 heavy (non-hydrogen) atoms. The third-order valence-corrected chi connectivity index (χ3v) is 4.31. The Morgan fingerprint density at radius 3 is 2.80 bits per heavy atom. The molecule has 2 aromatic carbocycles. The first-order valence-corrected chi connectivity index (χ1v) is 7.89. The molecule has 0 radical (unpaired) electrons. The van der Waals surface area contributed by atoms with Gasteiger partial charge in [-0.15, -0.1) is 0 Å². The van der Waals surface area contributed by atoms with Crippen molar-refractivity contribution in [1.82, 2.24) is 0 Å². The van der Waals surface area contributed by atoms with Crippen molar-refractivity contribution in [2.24, 2.45) is 0 Å². The number of fused-ring (bicyclic) bond motifs is 2. The zero-order valence-corrected chi connectivity index (χ0v) is 12.8. The van der Waals surface area contributed by atoms with E-state index < -0.39 is 0 Å². The van der Waals surface area contributed by atoms with Crippen LogP contribution in [0.15, 0.2) is 30.3 Å². The minimum absolute atomic E-state index is 0.290. The highest BCUT2D eigenvalue weighted by Crippen LogP contribution is 2.39. The Hall–Kier alpha value is -1.34. The summed E-state index contributed by atoms with van der Waals surface area (Å²) in [6.07, 6.45) is 5.27. The Balaban J connectivity index is 2.20. The Bertz CT molecular complexity index is 612. The maximum Gasteiger partial charge on any atom is 0.0834 e. The topological polar surface area (TPSA) is 9.23 Å². The highest BCUT2D eigenvalue weighted by atomic mass is 16.5. The van der Waals surface area contributed by atoms with Gasteiger partial charge in [0.25, 0.3) is 0 Å². The highest BCUT2D eigenvalue weighted by molar-refractivity contribution is 5.88. The van der Waals surface area contributed by atoms with Crippen LogP contribution in [0.4, 0.5) is 0 Å². The lowest BCUT2D eigenvalue weighted by molar-refractivity contribution is -0.00332. The van der Waals surface area contributed by atoms with E-state index in [1.807, 2.05) is 0 Å². The van der Waals surface area contributed by atoms with Crippen LogP contribution in [0.5, 0.6) is 0 Å². The van der Waals surface area contributed by atoms with E-state index in [1.54, 1.807) is 0 Å². The van der Waals surface area contributed by atoms with E-state index in [0.717, 1.165) is 12.8 Å². The summed E-state index contributed by atoms with van der Waals surface area (Å²) in [6.45, 7) is 6.55. The van der Waals surface area contributed by atoms with Crippen LogP contribution in [0.2, 0.25) is 0 Å². The normalized spacial score (nSPS) is 18.5. The molecule has 2 aromatic rings. The number of benzene rings is 2. The van der Waals surface area contributed by atoms with Crippen molar-refractivity contribution in [2.75, 3.05) is 0 Å². The van der Waals surface area contributed by atoms with Gasteiger partial charge in [0.1, 0.15) is 0 Å². The van der Waals surface area contributed by atoms with E-state index in [1.165, 1.54) is 40.3 Å². The van der Waals surface area contributed by atoms with Crippen molar-refractivity contribution < 1.29 is 4.74 Å². The van der Waals surface area contributed by atoms with Crippen molar-refractivity contribution in [2.45, 2.75) is 58.7 Å². The molecule has 0 aromatic heterocycles. The van der Waals surface area contributed by atoms with Gasteiger partial charge in [0.15, 0.2) is 0 Å². The third kappa shape index (κ3) is 2.35. The quantitative estimate of drug-likeness (QED) is 0.743. The predicted octanol–water partition coefficient (Wildman–Crippen LogP) is 5.20. The number of ether oxygens (including phenoxy) is 1. The van der Waals surface area contributed by atoms with Gasteiger partial charge in [0, 0.05) is 0 Å². The molecule has 106 valence electrons. The van der Waals surface area contributed by atoms with Crippen LogP contribution in [0, 0.1) is 0 Å². The lowest BCUT2D eigenvalue weighted by Crippen LogP contribution is -2.18. The molecule has 3 rings (SSSR count). The molecule has 1 heteroatoms. The molecule has 1 unspecified atom stereocenters. The van der Waals surface area contributed by atoms with Crippen molar-refractivity contribution in [3.63, 3.8) is 0 Å². The van der Waals surface area contributed by atoms with E-state index in [9.17, 15) is 0 Å². The molecular weight excluding hydrogens is 244 g/mol. The first kappa shape index (κ1) is 13.6. The summed E-state index contributed by atoms with van der Waals surface area (Å²) in [7, 11) is 0. The summed E-state index contributed by atoms with van der Waals surface area (Å²) in [5, 5.41) is 2.79. The molecular formula is C19H24O. The molecule has 0 bridgehead atoms. The SMILES string of the molecule is CCc1c2c(cc3ccccc13)CCCC2OC(C)C. The maximum atomic E-state index is 6.21. The lowest BCUT2D eigenvalue weighted by Gasteiger charge is -2.30. The zero-order chi connectivity index (χ0) is 14.1. The van der Waals surface area contributed by atoms with Crippen LogP contribution in [-0.4, -0.2) is 6.10 Å². The molecule has 0 spiro atoms. The molecule has 1 aliphatic carbocycles. The molecule has 0 N–H and O–H groups in total. The van der Waals surface area contributed by atoms with Crippen LogP contribution in [0.1, 0.15) is 56.4 Å². The molecule has 1 aliphatic rings. The molecule has 0 saturated heterocycles. The minimum Gasteiger partial charge on any atom is -0.371 e. The van der Waals surface area contributed by atoms with Crippen LogP contribution in [0.25, 0.3) is 10.8 Å². The van der Waals surface area contributed by atoms with Crippen molar-refractivity contribution >= 4 is 10.8 Å². The number of hydrogen-bond acceptors (Lipinski definition) is 1. The summed E-state index contributed by atoms with van der Waals surface area (Å²) in [4.78, 5) is 0. The molecule has 0 aliphatic heterocycles. The van der Waals surface area contributed by atoms with Crippen LogP contribution < -0.4 is 0 Å². The van der Waals surface area contributed by atoms with Crippen molar-refractivity contribution in [1.29, 1.82) is 0 Å². The van der Waals surface area contributed by atoms with E-state index in [0.29, 0.717) is 12.2 Å². The van der Waals surface area contributed by atoms with E-state index >= 15 is 0 Å². The average molecular weight is 268 g/mol. The largest absolute Gasteiger partial charge is 0.371 e. The van der Waals surface area contributed by atoms with E-state index in [-0.39, 0.29) is 0 Å². The molecule has 0 saturated carbocycles. The summed E-state index contributed by atoms with van der Waals surface area (Å²) >= 11 is 0. The standard InChI is InChI=1S/C19H24O/c1-4-16-17-10-6-5-8-14(17)12-15-9-7-11-18(19(15)16)20-13(2)3/h5-6,8,10,12-13,18H,4,7,9,11H2,1-3H3. The van der Waals surface area contributed by atoms with Gasteiger partial charge in [-0.05, 0) is 67.0 Å². The lowest BCUT2D eigenvalue weighted by atomic mass is 9.82. The van der Waals surface area contributed by atoms with Crippen molar-refractivity contribution in [3.8, 4) is 0 Å². The smallest absolute Gasteiger partial charge is 0.0834 e. The minimum atomic E-state index is 0.290. The van der Waals surface area contributed by atoms with Gasteiger partial charge in [-0.2, -0.15) is 0 Å². The predicted molar refractivity (Wildman–Crippen MR) is 85.2 cm³/mol. The van der Waals surface area contributed by atoms with E-state index in [4.69, 9.17) is 4.74 Å². The second-order valence-corrected chi connectivity index (χ2v) is 6.07. The highest BCUT2D eigenvalue weighted by Gasteiger charge is 2.25. The molecule has 1 atom stereocenters. The van der Waals surface area contributed by atoms with Gasteiger partial charge in [-0.25, -0.2) is 0 Å². The summed E-state index contributed by atoms with van der Waals surface area (Å²) in [5.74, 6) is 0. The Morgan fingerprint density at radius 1 is 1.25 bits per heavy atom. The Labute approximate surface area is 122 Å². The summed E-state index contributed by atoms with van der Waals surface area (Å²) < 4.78 is 6.21. The molecule has 0 fully saturated rings. The van der Waals surface area contributed by atoms with Gasteiger partial charge < -0.3 is 4.74 Å². The fourth-order valence-electron chi connectivity index (χ4n) is 3.58. The zero-order valence-electron chi connectivity index (χ0n) is 12.8. The van der Waals surface area contributed by atoms with Gasteiger partial charge >= 0.3 is 0 Å². The second-order valence-electron chi connectivity index (χ2n) is 6.07. The van der Waals surface area contributed by atoms with Gasteiger partial charge in [0.05, 0.1) is 12.2 Å². The maximum absolute atomic E-state index is 6.21. The third-order valence-electron chi connectivity index (χ3n) is 4.31.